The molecule has 0 spiro atoms. The first-order valence-corrected chi connectivity index (χ1v) is 13.5. The van der Waals surface area contributed by atoms with Crippen molar-refractivity contribution in [3.63, 3.8) is 0 Å². The van der Waals surface area contributed by atoms with Crippen LogP contribution in [0.1, 0.15) is 53.7 Å². The van der Waals surface area contributed by atoms with Crippen LogP contribution < -0.4 is 10.2 Å². The number of benzene rings is 1. The van der Waals surface area contributed by atoms with Gasteiger partial charge in [0.25, 0.3) is 5.91 Å². The van der Waals surface area contributed by atoms with Gasteiger partial charge in [0.15, 0.2) is 0 Å². The van der Waals surface area contributed by atoms with Crippen molar-refractivity contribution in [2.45, 2.75) is 74.3 Å². The maximum absolute atomic E-state index is 13.7. The molecule has 5 nitrogen and oxygen atoms in total. The number of likely N-dealkylation sites (tertiary alicyclic amines) is 1. The molecule has 2 atom stereocenters. The number of pyridine rings is 1. The first kappa shape index (κ1) is 24.4. The van der Waals surface area contributed by atoms with Crippen molar-refractivity contribution >= 4 is 23.4 Å². The van der Waals surface area contributed by atoms with Gasteiger partial charge >= 0.3 is 6.18 Å². The molecule has 188 valence electrons. The molecule has 35 heavy (non-hydrogen) atoms. The van der Waals surface area contributed by atoms with E-state index in [0.717, 1.165) is 41.1 Å². The van der Waals surface area contributed by atoms with Crippen LogP contribution in [0.25, 0.3) is 0 Å². The van der Waals surface area contributed by atoms with Crippen molar-refractivity contribution in [3.05, 3.63) is 53.3 Å². The topological polar surface area (TPSA) is 48.5 Å². The fourth-order valence-electron chi connectivity index (χ4n) is 5.45. The first-order chi connectivity index (χ1) is 16.8. The van der Waals surface area contributed by atoms with Gasteiger partial charge in [-0.15, -0.1) is 11.8 Å². The Morgan fingerprint density at radius 2 is 2.00 bits per heavy atom. The minimum absolute atomic E-state index is 0.0120. The number of fused-ring (bicyclic) bond motifs is 1. The van der Waals surface area contributed by atoms with Crippen molar-refractivity contribution < 1.29 is 18.0 Å². The lowest BCUT2D eigenvalue weighted by molar-refractivity contribution is -0.191. The van der Waals surface area contributed by atoms with Gasteiger partial charge in [-0.25, -0.2) is 0 Å². The highest BCUT2D eigenvalue weighted by Crippen LogP contribution is 2.42. The SMILES string of the molecule is CSc1ccc(CNC(=O)c2ccc3c(c2)CC(CN2CCCCC2C(F)(F)F)N3C2CC2)nc1. The van der Waals surface area contributed by atoms with Crippen LogP contribution >= 0.6 is 11.8 Å². The van der Waals surface area contributed by atoms with Crippen LogP contribution in [0.2, 0.25) is 0 Å². The molecule has 5 rings (SSSR count). The molecule has 1 N–H and O–H groups in total. The highest BCUT2D eigenvalue weighted by Gasteiger charge is 2.47. The molecule has 1 aromatic heterocycles. The monoisotopic (exact) mass is 504 g/mol. The molecule has 1 aromatic carbocycles. The number of hydrogen-bond acceptors (Lipinski definition) is 5. The zero-order valence-electron chi connectivity index (χ0n) is 19.9. The predicted molar refractivity (Wildman–Crippen MR) is 132 cm³/mol. The average Bonchev–Trinajstić information content (AvgIpc) is 3.62. The zero-order chi connectivity index (χ0) is 24.6. The Morgan fingerprint density at radius 1 is 1.17 bits per heavy atom. The quantitative estimate of drug-likeness (QED) is 0.535. The van der Waals surface area contributed by atoms with Gasteiger partial charge in [0.2, 0.25) is 0 Å². The Labute approximate surface area is 208 Å². The molecule has 2 aliphatic heterocycles. The van der Waals surface area contributed by atoms with Gasteiger partial charge < -0.3 is 10.2 Å². The van der Waals surface area contributed by atoms with Gasteiger partial charge in [0.1, 0.15) is 6.04 Å². The molecular weight excluding hydrogens is 473 g/mol. The largest absolute Gasteiger partial charge is 0.404 e. The Hall–Kier alpha value is -2.26. The maximum atomic E-state index is 13.7. The number of thioether (sulfide) groups is 1. The third-order valence-electron chi connectivity index (χ3n) is 7.31. The molecule has 1 saturated carbocycles. The summed E-state index contributed by atoms with van der Waals surface area (Å²) in [4.78, 5) is 22.3. The number of carbonyl (C=O) groups is 1. The van der Waals surface area contributed by atoms with E-state index in [4.69, 9.17) is 0 Å². The second-order valence-corrected chi connectivity index (χ2v) is 10.6. The number of amides is 1. The zero-order valence-corrected chi connectivity index (χ0v) is 20.7. The van der Waals surface area contributed by atoms with Crippen LogP contribution in [0.3, 0.4) is 0 Å². The summed E-state index contributed by atoms with van der Waals surface area (Å²) in [5, 5.41) is 2.93. The average molecular weight is 505 g/mol. The van der Waals surface area contributed by atoms with Crippen LogP contribution in [0, 0.1) is 0 Å². The minimum atomic E-state index is -4.19. The molecule has 2 fully saturated rings. The van der Waals surface area contributed by atoms with E-state index in [1.54, 1.807) is 22.9 Å². The van der Waals surface area contributed by atoms with Gasteiger partial charge in [-0.1, -0.05) is 6.42 Å². The second kappa shape index (κ2) is 10.0. The molecule has 3 heterocycles. The van der Waals surface area contributed by atoms with Crippen LogP contribution in [-0.2, 0) is 13.0 Å². The molecule has 1 saturated heterocycles. The molecule has 9 heteroatoms. The second-order valence-electron chi connectivity index (χ2n) is 9.76. The number of rotatable bonds is 7. The highest BCUT2D eigenvalue weighted by molar-refractivity contribution is 7.98. The lowest BCUT2D eigenvalue weighted by Gasteiger charge is -2.40. The number of nitrogens with one attached hydrogen (secondary N) is 1. The van der Waals surface area contributed by atoms with Crippen LogP contribution in [0.5, 0.6) is 0 Å². The number of piperidine rings is 1. The van der Waals surface area contributed by atoms with E-state index in [2.05, 4.69) is 15.2 Å². The lowest BCUT2D eigenvalue weighted by atomic mass is 10.00. The molecule has 3 aliphatic rings. The van der Waals surface area contributed by atoms with E-state index in [0.29, 0.717) is 44.1 Å². The Balaban J connectivity index is 1.28. The van der Waals surface area contributed by atoms with E-state index in [1.165, 1.54) is 0 Å². The van der Waals surface area contributed by atoms with Crippen molar-refractivity contribution in [2.75, 3.05) is 24.2 Å². The van der Waals surface area contributed by atoms with Crippen molar-refractivity contribution in [1.29, 1.82) is 0 Å². The fraction of sp³-hybridized carbons (Fsp3) is 0.538. The standard InChI is InChI=1S/C26H31F3N4OS/c1-35-22-9-6-19(30-15-22)14-31-25(34)17-5-10-23-18(12-17)13-21(33(23)20-7-8-20)16-32-11-3-2-4-24(32)26(27,28)29/h5-6,9-10,12,15,20-21,24H,2-4,7-8,11,13-14,16H2,1H3,(H,31,34). The molecule has 2 aromatic rings. The number of carbonyl (C=O) groups excluding carboxylic acids is 1. The fourth-order valence-corrected chi connectivity index (χ4v) is 5.81. The number of aromatic nitrogens is 1. The highest BCUT2D eigenvalue weighted by atomic mass is 32.2. The third-order valence-corrected chi connectivity index (χ3v) is 8.02. The van der Waals surface area contributed by atoms with Gasteiger partial charge in [0, 0.05) is 41.0 Å². The van der Waals surface area contributed by atoms with Crippen LogP contribution in [0.15, 0.2) is 41.4 Å². The predicted octanol–water partition coefficient (Wildman–Crippen LogP) is 5.04. The van der Waals surface area contributed by atoms with E-state index in [9.17, 15) is 18.0 Å². The van der Waals surface area contributed by atoms with Gasteiger partial charge in [0.05, 0.1) is 12.2 Å². The Kier molecular flexibility index (Phi) is 6.99. The molecule has 0 radical (unpaired) electrons. The van der Waals surface area contributed by atoms with Gasteiger partial charge in [-0.2, -0.15) is 13.2 Å². The number of alkyl halides is 3. The summed E-state index contributed by atoms with van der Waals surface area (Å²) in [5.41, 5.74) is 3.49. The van der Waals surface area contributed by atoms with Crippen LogP contribution in [0.4, 0.5) is 18.9 Å². The summed E-state index contributed by atoms with van der Waals surface area (Å²) in [6, 6.07) is 8.67. The molecular formula is C26H31F3N4OS. The van der Waals surface area contributed by atoms with E-state index >= 15 is 0 Å². The molecule has 1 aliphatic carbocycles. The molecule has 2 unspecified atom stereocenters. The molecule has 0 bridgehead atoms. The summed E-state index contributed by atoms with van der Waals surface area (Å²) in [7, 11) is 0. The number of nitrogens with zero attached hydrogens (tertiary/aromatic N) is 3. The number of halogens is 3. The van der Waals surface area contributed by atoms with Crippen molar-refractivity contribution in [2.24, 2.45) is 0 Å². The number of hydrogen-bond donors (Lipinski definition) is 1. The summed E-state index contributed by atoms with van der Waals surface area (Å²) in [6.07, 6.45) is 4.04. The van der Waals surface area contributed by atoms with Gasteiger partial charge in [-0.3, -0.25) is 14.7 Å². The van der Waals surface area contributed by atoms with Crippen molar-refractivity contribution in [3.8, 4) is 0 Å². The summed E-state index contributed by atoms with van der Waals surface area (Å²) in [5.74, 6) is -0.168. The maximum Gasteiger partial charge on any atom is 0.404 e. The Morgan fingerprint density at radius 3 is 2.69 bits per heavy atom. The van der Waals surface area contributed by atoms with E-state index < -0.39 is 12.2 Å². The Bertz CT molecular complexity index is 1060. The van der Waals surface area contributed by atoms with Gasteiger partial charge in [-0.05, 0) is 80.8 Å². The summed E-state index contributed by atoms with van der Waals surface area (Å²) >= 11 is 1.62. The van der Waals surface area contributed by atoms with E-state index in [1.807, 2.05) is 36.6 Å². The van der Waals surface area contributed by atoms with Crippen LogP contribution in [-0.4, -0.2) is 59.4 Å². The number of anilines is 1. The van der Waals surface area contributed by atoms with Crippen molar-refractivity contribution in [1.82, 2.24) is 15.2 Å². The van der Waals surface area contributed by atoms with E-state index in [-0.39, 0.29) is 18.4 Å². The first-order valence-electron chi connectivity index (χ1n) is 12.3. The summed E-state index contributed by atoms with van der Waals surface area (Å²) in [6.45, 7) is 1.25. The lowest BCUT2D eigenvalue weighted by Crippen LogP contribution is -2.53. The summed E-state index contributed by atoms with van der Waals surface area (Å²) < 4.78 is 41.0. The minimum Gasteiger partial charge on any atom is -0.364 e. The normalized spacial score (nSPS) is 22.8. The smallest absolute Gasteiger partial charge is 0.364 e. The molecule has 1 amide bonds. The third kappa shape index (κ3) is 5.45.